The number of likely N-dealkylation sites (tertiary alicyclic amines) is 1. The molecule has 1 amide bonds. The number of carbonyl (C=O) groups excluding carboxylic acids is 1. The third-order valence-corrected chi connectivity index (χ3v) is 4.43. The van der Waals surface area contributed by atoms with Crippen molar-refractivity contribution < 1.29 is 19.2 Å². The van der Waals surface area contributed by atoms with Gasteiger partial charge in [0.05, 0.1) is 15.4 Å². The van der Waals surface area contributed by atoms with Crippen LogP contribution in [-0.2, 0) is 4.74 Å². The molecule has 0 saturated carbocycles. The molecule has 0 aliphatic carbocycles. The number of nitrogens with zero attached hydrogens (tertiary/aromatic N) is 2. The first kappa shape index (κ1) is 19.5. The Balaban J connectivity index is 2.02. The van der Waals surface area contributed by atoms with E-state index in [-0.39, 0.29) is 17.8 Å². The number of hydrogen-bond donors (Lipinski definition) is 0. The Morgan fingerprint density at radius 1 is 1.40 bits per heavy atom. The summed E-state index contributed by atoms with van der Waals surface area (Å²) < 4.78 is 11.8. The van der Waals surface area contributed by atoms with Crippen LogP contribution >= 0.6 is 15.9 Å². The number of benzene rings is 1. The predicted octanol–water partition coefficient (Wildman–Crippen LogP) is 4.53. The molecular weight excluding hydrogens is 392 g/mol. The van der Waals surface area contributed by atoms with Gasteiger partial charge in [-0.2, -0.15) is 0 Å². The Labute approximate surface area is 155 Å². The maximum Gasteiger partial charge on any atom is 0.410 e. The van der Waals surface area contributed by atoms with Gasteiger partial charge in [0.1, 0.15) is 18.0 Å². The number of carbonyl (C=O) groups is 1. The van der Waals surface area contributed by atoms with Crippen molar-refractivity contribution in [2.24, 2.45) is 0 Å². The molecule has 1 aliphatic rings. The highest BCUT2D eigenvalue weighted by atomic mass is 79.9. The van der Waals surface area contributed by atoms with Crippen molar-refractivity contribution in [1.82, 2.24) is 4.90 Å². The van der Waals surface area contributed by atoms with E-state index < -0.39 is 10.5 Å². The van der Waals surface area contributed by atoms with Crippen LogP contribution in [-0.4, -0.2) is 40.7 Å². The second-order valence-electron chi connectivity index (χ2n) is 7.01. The minimum absolute atomic E-state index is 0.00715. The van der Waals surface area contributed by atoms with E-state index in [1.165, 1.54) is 12.1 Å². The molecule has 1 atom stereocenters. The third kappa shape index (κ3) is 5.59. The number of non-ortho nitro benzene ring substituents is 1. The molecule has 1 heterocycles. The number of amides is 1. The van der Waals surface area contributed by atoms with Crippen LogP contribution in [0.3, 0.4) is 0 Å². The van der Waals surface area contributed by atoms with Crippen molar-refractivity contribution in [1.29, 1.82) is 0 Å². The van der Waals surface area contributed by atoms with E-state index in [1.54, 1.807) is 11.0 Å². The molecule has 1 unspecified atom stereocenters. The van der Waals surface area contributed by atoms with E-state index in [1.807, 2.05) is 20.8 Å². The zero-order valence-electron chi connectivity index (χ0n) is 14.7. The highest BCUT2D eigenvalue weighted by Gasteiger charge is 2.31. The molecular formula is C17H23BrN2O5. The first-order valence-corrected chi connectivity index (χ1v) is 9.03. The van der Waals surface area contributed by atoms with Gasteiger partial charge in [-0.05, 0) is 62.0 Å². The largest absolute Gasteiger partial charge is 0.490 e. The second-order valence-corrected chi connectivity index (χ2v) is 7.86. The molecule has 7 nitrogen and oxygen atoms in total. The lowest BCUT2D eigenvalue weighted by Crippen LogP contribution is -2.48. The highest BCUT2D eigenvalue weighted by molar-refractivity contribution is 9.10. The quantitative estimate of drug-likeness (QED) is 0.533. The van der Waals surface area contributed by atoms with Crippen molar-refractivity contribution in [3.05, 3.63) is 32.8 Å². The summed E-state index contributed by atoms with van der Waals surface area (Å²) >= 11 is 3.29. The van der Waals surface area contributed by atoms with Crippen molar-refractivity contribution >= 4 is 27.7 Å². The van der Waals surface area contributed by atoms with Crippen molar-refractivity contribution in [2.45, 2.75) is 51.7 Å². The van der Waals surface area contributed by atoms with Gasteiger partial charge in [0.25, 0.3) is 5.69 Å². The average molecular weight is 415 g/mol. The molecule has 0 N–H and O–H groups in total. The fraction of sp³-hybridized carbons (Fsp3) is 0.588. The van der Waals surface area contributed by atoms with Gasteiger partial charge >= 0.3 is 6.09 Å². The third-order valence-electron chi connectivity index (χ3n) is 3.81. The molecule has 1 saturated heterocycles. The zero-order valence-corrected chi connectivity index (χ0v) is 16.2. The van der Waals surface area contributed by atoms with Gasteiger partial charge in [-0.1, -0.05) is 0 Å². The van der Waals surface area contributed by atoms with Crippen LogP contribution in [0.4, 0.5) is 10.5 Å². The lowest BCUT2D eigenvalue weighted by atomic mass is 10.0. The van der Waals surface area contributed by atoms with Crippen molar-refractivity contribution in [3.63, 3.8) is 0 Å². The zero-order chi connectivity index (χ0) is 18.6. The maximum atomic E-state index is 12.4. The van der Waals surface area contributed by atoms with Crippen LogP contribution in [0.15, 0.2) is 22.7 Å². The highest BCUT2D eigenvalue weighted by Crippen LogP contribution is 2.30. The van der Waals surface area contributed by atoms with Crippen LogP contribution in [0.1, 0.15) is 40.0 Å². The first-order valence-electron chi connectivity index (χ1n) is 8.24. The van der Waals surface area contributed by atoms with Gasteiger partial charge in [-0.25, -0.2) is 4.79 Å². The van der Waals surface area contributed by atoms with Gasteiger partial charge in [-0.3, -0.25) is 10.1 Å². The second kappa shape index (κ2) is 8.03. The van der Waals surface area contributed by atoms with Gasteiger partial charge in [-0.15, -0.1) is 0 Å². The lowest BCUT2D eigenvalue weighted by molar-refractivity contribution is -0.385. The van der Waals surface area contributed by atoms with Crippen LogP contribution in [0, 0.1) is 10.1 Å². The van der Waals surface area contributed by atoms with Gasteiger partial charge in [0, 0.05) is 18.7 Å². The summed E-state index contributed by atoms with van der Waals surface area (Å²) in [4.78, 5) is 24.4. The normalized spacial score (nSPS) is 17.9. The Bertz CT molecular complexity index is 644. The molecule has 1 fully saturated rings. The fourth-order valence-corrected chi connectivity index (χ4v) is 3.12. The van der Waals surface area contributed by atoms with E-state index in [2.05, 4.69) is 15.9 Å². The van der Waals surface area contributed by atoms with Gasteiger partial charge < -0.3 is 14.4 Å². The Kier molecular flexibility index (Phi) is 6.26. The summed E-state index contributed by atoms with van der Waals surface area (Å²) in [7, 11) is 0. The summed E-state index contributed by atoms with van der Waals surface area (Å²) in [6, 6.07) is 4.28. The molecule has 0 radical (unpaired) electrons. The maximum absolute atomic E-state index is 12.4. The lowest BCUT2D eigenvalue weighted by Gasteiger charge is -2.36. The minimum atomic E-state index is -0.540. The number of rotatable bonds is 4. The number of nitro benzene ring substituents is 1. The van der Waals surface area contributed by atoms with E-state index in [0.717, 1.165) is 19.3 Å². The average Bonchev–Trinajstić information content (AvgIpc) is 2.52. The molecule has 0 aromatic heterocycles. The van der Waals surface area contributed by atoms with Crippen LogP contribution in [0.25, 0.3) is 0 Å². The van der Waals surface area contributed by atoms with Gasteiger partial charge in [0.15, 0.2) is 0 Å². The smallest absolute Gasteiger partial charge is 0.410 e. The van der Waals surface area contributed by atoms with E-state index >= 15 is 0 Å². The molecule has 1 aromatic carbocycles. The van der Waals surface area contributed by atoms with Gasteiger partial charge in [0.2, 0.25) is 0 Å². The minimum Gasteiger partial charge on any atom is -0.490 e. The molecule has 1 aliphatic heterocycles. The van der Waals surface area contributed by atoms with Crippen molar-refractivity contribution in [3.8, 4) is 5.75 Å². The summed E-state index contributed by atoms with van der Waals surface area (Å²) in [6.45, 7) is 6.48. The number of hydrogen-bond acceptors (Lipinski definition) is 5. The monoisotopic (exact) mass is 414 g/mol. The number of ether oxygens (including phenoxy) is 2. The predicted molar refractivity (Wildman–Crippen MR) is 96.9 cm³/mol. The molecule has 1 aromatic rings. The summed E-state index contributed by atoms with van der Waals surface area (Å²) in [5, 5.41) is 10.8. The van der Waals surface area contributed by atoms with Crippen LogP contribution in [0.5, 0.6) is 5.75 Å². The van der Waals surface area contributed by atoms with Crippen LogP contribution in [0.2, 0.25) is 0 Å². The summed E-state index contributed by atoms with van der Waals surface area (Å²) in [5.41, 5.74) is -0.548. The van der Waals surface area contributed by atoms with E-state index in [0.29, 0.717) is 23.4 Å². The molecule has 8 heteroatoms. The molecule has 0 spiro atoms. The van der Waals surface area contributed by atoms with E-state index in [9.17, 15) is 14.9 Å². The fourth-order valence-electron chi connectivity index (χ4n) is 2.64. The first-order chi connectivity index (χ1) is 11.7. The van der Waals surface area contributed by atoms with Crippen molar-refractivity contribution in [2.75, 3.05) is 13.2 Å². The van der Waals surface area contributed by atoms with Crippen LogP contribution < -0.4 is 4.74 Å². The number of nitro groups is 1. The molecule has 138 valence electrons. The van der Waals surface area contributed by atoms with E-state index in [4.69, 9.17) is 9.47 Å². The number of halogens is 1. The molecule has 25 heavy (non-hydrogen) atoms. The SMILES string of the molecule is CC(C)(C)OC(=O)N1CCCCC1COc1ccc([N+](=O)[O-])cc1Br. The Hall–Kier alpha value is -1.83. The Morgan fingerprint density at radius 3 is 2.72 bits per heavy atom. The molecule has 0 bridgehead atoms. The Morgan fingerprint density at radius 2 is 2.12 bits per heavy atom. The number of piperidine rings is 1. The topological polar surface area (TPSA) is 81.9 Å². The molecule has 2 rings (SSSR count). The standard InChI is InChI=1S/C17H23BrN2O5/c1-17(2,3)25-16(21)19-9-5-4-6-13(19)11-24-15-8-7-12(20(22)23)10-14(15)18/h7-8,10,13H,4-6,9,11H2,1-3H3. The summed E-state index contributed by atoms with van der Waals surface area (Å²) in [5.74, 6) is 0.514. The summed E-state index contributed by atoms with van der Waals surface area (Å²) in [6.07, 6.45) is 2.47.